The van der Waals surface area contributed by atoms with Gasteiger partial charge in [-0.25, -0.2) is 4.68 Å². The highest BCUT2D eigenvalue weighted by atomic mass is 35.5. The number of nitrogens with zero attached hydrogens (tertiary/aromatic N) is 4. The van der Waals surface area contributed by atoms with Gasteiger partial charge in [0.15, 0.2) is 5.69 Å². The summed E-state index contributed by atoms with van der Waals surface area (Å²) in [7, 11) is 1.56. The Kier molecular flexibility index (Phi) is 3.60. The number of ether oxygens (including phenoxy) is 1. The zero-order valence-corrected chi connectivity index (χ0v) is 10.8. The second-order valence-electron chi connectivity index (χ2n) is 3.77. The van der Waals surface area contributed by atoms with Gasteiger partial charge in [-0.1, -0.05) is 22.9 Å². The molecule has 1 heterocycles. The summed E-state index contributed by atoms with van der Waals surface area (Å²) in [5, 5.41) is 17.4. The fourth-order valence-corrected chi connectivity index (χ4v) is 1.75. The van der Waals surface area contributed by atoms with E-state index in [0.29, 0.717) is 10.7 Å². The van der Waals surface area contributed by atoms with Crippen LogP contribution >= 0.6 is 11.6 Å². The molecular formula is C12H11ClN4O. The zero-order chi connectivity index (χ0) is 13.1. The van der Waals surface area contributed by atoms with E-state index >= 15 is 0 Å². The van der Waals surface area contributed by atoms with Crippen molar-refractivity contribution in [2.24, 2.45) is 0 Å². The van der Waals surface area contributed by atoms with Gasteiger partial charge in [0.05, 0.1) is 12.3 Å². The number of hydrogen-bond donors (Lipinski definition) is 0. The van der Waals surface area contributed by atoms with E-state index in [4.69, 9.17) is 21.6 Å². The zero-order valence-electron chi connectivity index (χ0n) is 10.0. The Labute approximate surface area is 110 Å². The third kappa shape index (κ3) is 2.21. The van der Waals surface area contributed by atoms with Crippen LogP contribution in [0, 0.1) is 18.3 Å². The molecule has 0 saturated heterocycles. The number of hydrogen-bond acceptors (Lipinski definition) is 4. The summed E-state index contributed by atoms with van der Waals surface area (Å²) < 4.78 is 6.62. The van der Waals surface area contributed by atoms with Crippen molar-refractivity contribution < 1.29 is 4.74 Å². The molecule has 0 aliphatic heterocycles. The van der Waals surface area contributed by atoms with Gasteiger partial charge in [0, 0.05) is 12.1 Å². The minimum atomic E-state index is 0.258. The van der Waals surface area contributed by atoms with Crippen LogP contribution in [0.5, 0.6) is 0 Å². The monoisotopic (exact) mass is 262 g/mol. The Bertz CT molecular complexity index is 615. The van der Waals surface area contributed by atoms with Crippen LogP contribution in [-0.2, 0) is 11.3 Å². The van der Waals surface area contributed by atoms with Crippen molar-refractivity contribution in [1.29, 1.82) is 5.26 Å². The standard InChI is InChI=1S/C12H11ClN4O/c1-8-3-4-9(5-10(8)13)17-12(7-18-2)11(6-14)15-16-17/h3-5H,7H2,1-2H3. The van der Waals surface area contributed by atoms with Gasteiger partial charge in [0.2, 0.25) is 0 Å². The predicted molar refractivity (Wildman–Crippen MR) is 66.5 cm³/mol. The molecule has 0 fully saturated rings. The molecule has 0 N–H and O–H groups in total. The molecule has 2 rings (SSSR count). The van der Waals surface area contributed by atoms with Crippen molar-refractivity contribution in [1.82, 2.24) is 15.0 Å². The fraction of sp³-hybridized carbons (Fsp3) is 0.250. The van der Waals surface area contributed by atoms with Crippen LogP contribution in [0.1, 0.15) is 17.0 Å². The molecule has 1 aromatic heterocycles. The first-order valence-electron chi connectivity index (χ1n) is 5.27. The van der Waals surface area contributed by atoms with Crippen molar-refractivity contribution >= 4 is 11.6 Å². The molecule has 2 aromatic rings. The van der Waals surface area contributed by atoms with E-state index in [1.807, 2.05) is 25.1 Å². The van der Waals surface area contributed by atoms with Gasteiger partial charge in [-0.15, -0.1) is 5.10 Å². The highest BCUT2D eigenvalue weighted by Gasteiger charge is 2.14. The van der Waals surface area contributed by atoms with E-state index in [-0.39, 0.29) is 12.3 Å². The molecule has 18 heavy (non-hydrogen) atoms. The average molecular weight is 263 g/mol. The molecule has 0 aliphatic carbocycles. The van der Waals surface area contributed by atoms with Crippen molar-refractivity contribution in [3.63, 3.8) is 0 Å². The minimum absolute atomic E-state index is 0.258. The van der Waals surface area contributed by atoms with Crippen molar-refractivity contribution in [3.8, 4) is 11.8 Å². The van der Waals surface area contributed by atoms with Crippen molar-refractivity contribution in [2.45, 2.75) is 13.5 Å². The summed E-state index contributed by atoms with van der Waals surface area (Å²) in [4.78, 5) is 0. The van der Waals surface area contributed by atoms with Crippen molar-refractivity contribution in [3.05, 3.63) is 40.2 Å². The molecule has 0 amide bonds. The topological polar surface area (TPSA) is 63.7 Å². The third-order valence-electron chi connectivity index (χ3n) is 2.55. The Hall–Kier alpha value is -1.90. The molecule has 0 bridgehead atoms. The fourth-order valence-electron chi connectivity index (χ4n) is 1.58. The lowest BCUT2D eigenvalue weighted by molar-refractivity contribution is 0.179. The van der Waals surface area contributed by atoms with Gasteiger partial charge in [-0.2, -0.15) is 5.26 Å². The second kappa shape index (κ2) is 5.17. The van der Waals surface area contributed by atoms with Gasteiger partial charge in [0.25, 0.3) is 0 Å². The molecule has 0 saturated carbocycles. The molecule has 0 unspecified atom stereocenters. The van der Waals surface area contributed by atoms with Crippen LogP contribution in [0.15, 0.2) is 18.2 Å². The molecule has 0 radical (unpaired) electrons. The van der Waals surface area contributed by atoms with Gasteiger partial charge >= 0.3 is 0 Å². The average Bonchev–Trinajstić information content (AvgIpc) is 2.76. The molecule has 0 atom stereocenters. The first-order valence-corrected chi connectivity index (χ1v) is 5.65. The SMILES string of the molecule is COCc1c(C#N)nnn1-c1ccc(C)c(Cl)c1. The Morgan fingerprint density at radius 3 is 2.89 bits per heavy atom. The summed E-state index contributed by atoms with van der Waals surface area (Å²) >= 11 is 6.08. The van der Waals surface area contributed by atoms with Crippen LogP contribution < -0.4 is 0 Å². The quantitative estimate of drug-likeness (QED) is 0.851. The van der Waals surface area contributed by atoms with E-state index in [1.54, 1.807) is 17.9 Å². The van der Waals surface area contributed by atoms with Gasteiger partial charge in [0.1, 0.15) is 11.8 Å². The summed E-state index contributed by atoms with van der Waals surface area (Å²) in [5.41, 5.74) is 2.61. The lowest BCUT2D eigenvalue weighted by Crippen LogP contribution is -2.04. The van der Waals surface area contributed by atoms with Gasteiger partial charge in [-0.05, 0) is 24.6 Å². The summed E-state index contributed by atoms with van der Waals surface area (Å²) in [6.07, 6.45) is 0. The molecule has 1 aromatic carbocycles. The maximum atomic E-state index is 8.96. The van der Waals surface area contributed by atoms with E-state index < -0.39 is 0 Å². The summed E-state index contributed by atoms with van der Waals surface area (Å²) in [5.74, 6) is 0. The Morgan fingerprint density at radius 2 is 2.28 bits per heavy atom. The Balaban J connectivity index is 2.53. The van der Waals surface area contributed by atoms with Crippen LogP contribution in [0.2, 0.25) is 5.02 Å². The van der Waals surface area contributed by atoms with Crippen LogP contribution in [0.4, 0.5) is 0 Å². The van der Waals surface area contributed by atoms with E-state index in [1.165, 1.54) is 0 Å². The number of halogens is 1. The number of methoxy groups -OCH3 is 1. The second-order valence-corrected chi connectivity index (χ2v) is 4.18. The van der Waals surface area contributed by atoms with Crippen LogP contribution in [0.3, 0.4) is 0 Å². The van der Waals surface area contributed by atoms with Gasteiger partial charge in [-0.3, -0.25) is 0 Å². The highest BCUT2D eigenvalue weighted by molar-refractivity contribution is 6.31. The smallest absolute Gasteiger partial charge is 0.188 e. The molecule has 6 heteroatoms. The highest BCUT2D eigenvalue weighted by Crippen LogP contribution is 2.20. The largest absolute Gasteiger partial charge is 0.378 e. The minimum Gasteiger partial charge on any atom is -0.378 e. The van der Waals surface area contributed by atoms with Crippen molar-refractivity contribution in [2.75, 3.05) is 7.11 Å². The number of nitriles is 1. The number of rotatable bonds is 3. The number of aromatic nitrogens is 3. The van der Waals surface area contributed by atoms with E-state index in [2.05, 4.69) is 10.3 Å². The van der Waals surface area contributed by atoms with Crippen LogP contribution in [0.25, 0.3) is 5.69 Å². The summed E-state index contributed by atoms with van der Waals surface area (Å²) in [6, 6.07) is 7.53. The maximum absolute atomic E-state index is 8.96. The first kappa shape index (κ1) is 12.6. The summed E-state index contributed by atoms with van der Waals surface area (Å²) in [6.45, 7) is 2.19. The van der Waals surface area contributed by atoms with Gasteiger partial charge < -0.3 is 4.74 Å². The number of benzene rings is 1. The predicted octanol–water partition coefficient (Wildman–Crippen LogP) is 2.25. The number of aryl methyl sites for hydroxylation is 1. The van der Waals surface area contributed by atoms with E-state index in [9.17, 15) is 0 Å². The Morgan fingerprint density at radius 1 is 1.50 bits per heavy atom. The normalized spacial score (nSPS) is 10.3. The maximum Gasteiger partial charge on any atom is 0.188 e. The molecular weight excluding hydrogens is 252 g/mol. The lowest BCUT2D eigenvalue weighted by atomic mass is 10.2. The molecule has 0 spiro atoms. The molecule has 92 valence electrons. The van der Waals surface area contributed by atoms with Crippen LogP contribution in [-0.4, -0.2) is 22.1 Å². The third-order valence-corrected chi connectivity index (χ3v) is 2.96. The molecule has 0 aliphatic rings. The van der Waals surface area contributed by atoms with E-state index in [0.717, 1.165) is 11.3 Å². The molecule has 5 nitrogen and oxygen atoms in total. The lowest BCUT2D eigenvalue weighted by Gasteiger charge is -2.07. The first-order chi connectivity index (χ1) is 8.67.